The van der Waals surface area contributed by atoms with E-state index in [2.05, 4.69) is 6.92 Å². The molecule has 0 saturated heterocycles. The van der Waals surface area contributed by atoms with E-state index in [9.17, 15) is 0 Å². The van der Waals surface area contributed by atoms with Crippen molar-refractivity contribution in [1.29, 1.82) is 0 Å². The van der Waals surface area contributed by atoms with Crippen LogP contribution >= 0.6 is 12.4 Å². The van der Waals surface area contributed by atoms with Gasteiger partial charge in [0.25, 0.3) is 0 Å². The average molecular weight is 122 g/mol. The van der Waals surface area contributed by atoms with Crippen molar-refractivity contribution in [3.63, 3.8) is 0 Å². The van der Waals surface area contributed by atoms with Gasteiger partial charge in [0.15, 0.2) is 0 Å². The summed E-state index contributed by atoms with van der Waals surface area (Å²) in [7, 11) is 0. The Bertz CT molecular complexity index is 43.3. The highest BCUT2D eigenvalue weighted by Crippen LogP contribution is 1.83. The summed E-state index contributed by atoms with van der Waals surface area (Å²) in [5.74, 6) is 0. The van der Waals surface area contributed by atoms with E-state index in [4.69, 9.17) is 5.73 Å². The lowest BCUT2D eigenvalue weighted by Gasteiger charge is -1.76. The molecule has 2 heteroatoms. The van der Waals surface area contributed by atoms with Crippen molar-refractivity contribution in [3.8, 4) is 0 Å². The molecule has 0 aliphatic heterocycles. The monoisotopic (exact) mass is 121 g/mol. The smallest absolute Gasteiger partial charge is 0.0103 e. The van der Waals surface area contributed by atoms with Gasteiger partial charge in [-0.15, -0.1) is 12.4 Å². The number of rotatable bonds is 2. The molecule has 0 atom stereocenters. The molecule has 1 nitrogen and oxygen atoms in total. The third-order valence-corrected chi connectivity index (χ3v) is 0.591. The number of hydrogen-bond donors (Lipinski definition) is 1. The molecule has 0 aromatic rings. The molecule has 0 amide bonds. The van der Waals surface area contributed by atoms with Gasteiger partial charge in [-0.25, -0.2) is 0 Å². The topological polar surface area (TPSA) is 26.0 Å². The van der Waals surface area contributed by atoms with Crippen LogP contribution in [0.15, 0.2) is 12.3 Å². The predicted molar refractivity (Wildman–Crippen MR) is 35.5 cm³/mol. The summed E-state index contributed by atoms with van der Waals surface area (Å²) in [6.45, 7) is 2.12. The summed E-state index contributed by atoms with van der Waals surface area (Å²) in [5, 5.41) is 0. The van der Waals surface area contributed by atoms with E-state index in [1.807, 2.05) is 6.08 Å². The van der Waals surface area contributed by atoms with Gasteiger partial charge in [-0.1, -0.05) is 19.4 Å². The molecule has 0 aliphatic carbocycles. The fourth-order valence-corrected chi connectivity index (χ4v) is 0.263. The zero-order valence-corrected chi connectivity index (χ0v) is 5.37. The van der Waals surface area contributed by atoms with Crippen molar-refractivity contribution in [3.05, 3.63) is 12.3 Å². The average Bonchev–Trinajstić information content (AvgIpc) is 1.61. The number of hydrogen-bond acceptors (Lipinski definition) is 1. The SMILES string of the molecule is CCC/C=C/N.Cl. The number of unbranched alkanes of at least 4 members (excludes halogenated alkanes) is 1. The lowest BCUT2D eigenvalue weighted by atomic mass is 10.3. The Labute approximate surface area is 51.0 Å². The minimum absolute atomic E-state index is 0. The quantitative estimate of drug-likeness (QED) is 0.591. The molecule has 0 aromatic heterocycles. The van der Waals surface area contributed by atoms with E-state index in [-0.39, 0.29) is 12.4 Å². The molecule has 7 heavy (non-hydrogen) atoms. The summed E-state index contributed by atoms with van der Waals surface area (Å²) in [6, 6.07) is 0. The van der Waals surface area contributed by atoms with Gasteiger partial charge in [-0.05, 0) is 12.6 Å². The third kappa shape index (κ3) is 10.7. The number of halogens is 1. The van der Waals surface area contributed by atoms with Gasteiger partial charge in [0.05, 0.1) is 0 Å². The van der Waals surface area contributed by atoms with E-state index in [0.717, 1.165) is 6.42 Å². The van der Waals surface area contributed by atoms with Gasteiger partial charge in [-0.2, -0.15) is 0 Å². The Morgan fingerprint density at radius 1 is 1.57 bits per heavy atom. The fourth-order valence-electron chi connectivity index (χ4n) is 0.263. The molecule has 0 radical (unpaired) electrons. The Morgan fingerprint density at radius 3 is 2.29 bits per heavy atom. The Balaban J connectivity index is 0. The van der Waals surface area contributed by atoms with E-state index in [0.29, 0.717) is 0 Å². The van der Waals surface area contributed by atoms with Crippen LogP contribution in [0.2, 0.25) is 0 Å². The maximum Gasteiger partial charge on any atom is -0.0103 e. The first-order chi connectivity index (χ1) is 2.91. The molecule has 0 rings (SSSR count). The molecule has 0 aromatic carbocycles. The van der Waals surface area contributed by atoms with Crippen molar-refractivity contribution in [2.24, 2.45) is 5.73 Å². The summed E-state index contributed by atoms with van der Waals surface area (Å²) in [4.78, 5) is 0. The highest BCUT2D eigenvalue weighted by molar-refractivity contribution is 5.85. The zero-order valence-electron chi connectivity index (χ0n) is 4.55. The second-order valence-electron chi connectivity index (χ2n) is 1.22. The minimum atomic E-state index is 0. The second kappa shape index (κ2) is 9.27. The normalized spacial score (nSPS) is 8.71. The number of nitrogens with two attached hydrogens (primary N) is 1. The summed E-state index contributed by atoms with van der Waals surface area (Å²) < 4.78 is 0. The molecule has 0 saturated carbocycles. The summed E-state index contributed by atoms with van der Waals surface area (Å²) >= 11 is 0. The van der Waals surface area contributed by atoms with Gasteiger partial charge in [0.2, 0.25) is 0 Å². The van der Waals surface area contributed by atoms with Crippen LogP contribution in [0, 0.1) is 0 Å². The Morgan fingerprint density at radius 2 is 2.14 bits per heavy atom. The molecular weight excluding hydrogens is 110 g/mol. The largest absolute Gasteiger partial charge is 0.405 e. The first-order valence-corrected chi connectivity index (χ1v) is 2.28. The maximum atomic E-state index is 5.03. The predicted octanol–water partition coefficient (Wildman–Crippen LogP) is 1.68. The zero-order chi connectivity index (χ0) is 4.83. The van der Waals surface area contributed by atoms with Crippen LogP contribution in [-0.2, 0) is 0 Å². The van der Waals surface area contributed by atoms with Crippen LogP contribution in [0.1, 0.15) is 19.8 Å². The minimum Gasteiger partial charge on any atom is -0.405 e. The van der Waals surface area contributed by atoms with Crippen LogP contribution in [-0.4, -0.2) is 0 Å². The lowest BCUT2D eigenvalue weighted by Crippen LogP contribution is -1.73. The van der Waals surface area contributed by atoms with Crippen LogP contribution < -0.4 is 5.73 Å². The second-order valence-corrected chi connectivity index (χ2v) is 1.22. The van der Waals surface area contributed by atoms with Gasteiger partial charge in [0.1, 0.15) is 0 Å². The van der Waals surface area contributed by atoms with Gasteiger partial charge in [0, 0.05) is 0 Å². The number of allylic oxidation sites excluding steroid dienone is 1. The molecule has 0 heterocycles. The Hall–Kier alpha value is -0.170. The van der Waals surface area contributed by atoms with Gasteiger partial charge < -0.3 is 5.73 Å². The van der Waals surface area contributed by atoms with Gasteiger partial charge >= 0.3 is 0 Å². The standard InChI is InChI=1S/C5H11N.ClH/c1-2-3-4-5-6;/h4-5H,2-3,6H2,1H3;1H/b5-4+;. The highest BCUT2D eigenvalue weighted by atomic mass is 35.5. The first kappa shape index (κ1) is 9.95. The molecule has 0 unspecified atom stereocenters. The maximum absolute atomic E-state index is 5.03. The molecule has 0 aliphatic rings. The lowest BCUT2D eigenvalue weighted by molar-refractivity contribution is 0.956. The van der Waals surface area contributed by atoms with Crippen molar-refractivity contribution in [2.45, 2.75) is 19.8 Å². The Kier molecular flexibility index (Phi) is 13.2. The van der Waals surface area contributed by atoms with E-state index in [1.54, 1.807) is 6.20 Å². The van der Waals surface area contributed by atoms with Crippen molar-refractivity contribution < 1.29 is 0 Å². The molecule has 2 N–H and O–H groups in total. The van der Waals surface area contributed by atoms with E-state index < -0.39 is 0 Å². The van der Waals surface area contributed by atoms with Crippen molar-refractivity contribution in [1.82, 2.24) is 0 Å². The summed E-state index contributed by atoms with van der Waals surface area (Å²) in [5.41, 5.74) is 5.03. The molecule has 0 fully saturated rings. The van der Waals surface area contributed by atoms with Crippen molar-refractivity contribution >= 4 is 12.4 Å². The van der Waals surface area contributed by atoms with E-state index in [1.165, 1.54) is 6.42 Å². The molecule has 44 valence electrons. The molecule has 0 bridgehead atoms. The van der Waals surface area contributed by atoms with Crippen molar-refractivity contribution in [2.75, 3.05) is 0 Å². The van der Waals surface area contributed by atoms with Crippen LogP contribution in [0.4, 0.5) is 0 Å². The summed E-state index contributed by atoms with van der Waals surface area (Å²) in [6.07, 6.45) is 5.84. The first-order valence-electron chi connectivity index (χ1n) is 2.28. The van der Waals surface area contributed by atoms with Crippen LogP contribution in [0.5, 0.6) is 0 Å². The van der Waals surface area contributed by atoms with Gasteiger partial charge in [-0.3, -0.25) is 0 Å². The molecular formula is C5H12ClN. The molecule has 0 spiro atoms. The van der Waals surface area contributed by atoms with Crippen LogP contribution in [0.25, 0.3) is 0 Å². The van der Waals surface area contributed by atoms with Crippen LogP contribution in [0.3, 0.4) is 0 Å². The highest BCUT2D eigenvalue weighted by Gasteiger charge is 1.65. The third-order valence-electron chi connectivity index (χ3n) is 0.591. The van der Waals surface area contributed by atoms with E-state index >= 15 is 0 Å². The fraction of sp³-hybridized carbons (Fsp3) is 0.600.